The zero-order valence-corrected chi connectivity index (χ0v) is 21.6. The monoisotopic (exact) mass is 518 g/mol. The average molecular weight is 519 g/mol. The molecule has 0 spiro atoms. The van der Waals surface area contributed by atoms with Crippen LogP contribution < -0.4 is 5.32 Å². The van der Waals surface area contributed by atoms with Gasteiger partial charge in [0, 0.05) is 17.0 Å². The highest BCUT2D eigenvalue weighted by atomic mass is 35.5. The second-order valence-corrected chi connectivity index (χ2v) is 10.4. The molecule has 180 valence electrons. The Morgan fingerprint density at radius 1 is 1.18 bits per heavy atom. The van der Waals surface area contributed by atoms with Gasteiger partial charge in [-0.2, -0.15) is 0 Å². The standard InChI is InChI=1S/C24H27ClN4O3S2/c1-3-29-21(15-10-8-9-12-17(15)25)27-28-24(29)33-14-19(30)26-22-20(23(31)32-2)16-11-6-4-5-7-13-18(16)34-22/h8-10,12H,3-7,11,13-14H2,1-2H3,(H,26,30). The van der Waals surface area contributed by atoms with Crippen LogP contribution in [0.3, 0.4) is 0 Å². The molecule has 3 aromatic rings. The van der Waals surface area contributed by atoms with E-state index in [1.54, 1.807) is 0 Å². The number of aromatic nitrogens is 3. The molecule has 0 bridgehead atoms. The topological polar surface area (TPSA) is 86.1 Å². The zero-order valence-electron chi connectivity index (χ0n) is 19.2. The summed E-state index contributed by atoms with van der Waals surface area (Å²) in [6.45, 7) is 2.64. The van der Waals surface area contributed by atoms with Gasteiger partial charge in [-0.1, -0.05) is 48.3 Å². The first-order chi connectivity index (χ1) is 16.5. The number of benzene rings is 1. The van der Waals surface area contributed by atoms with E-state index < -0.39 is 5.97 Å². The molecule has 10 heteroatoms. The molecule has 0 saturated carbocycles. The number of ether oxygens (including phenoxy) is 1. The van der Waals surface area contributed by atoms with Crippen LogP contribution in [0.5, 0.6) is 0 Å². The summed E-state index contributed by atoms with van der Waals surface area (Å²) >= 11 is 9.15. The molecular weight excluding hydrogens is 492 g/mol. The first-order valence-corrected chi connectivity index (χ1v) is 13.5. The van der Waals surface area contributed by atoms with Gasteiger partial charge in [0.15, 0.2) is 11.0 Å². The van der Waals surface area contributed by atoms with Crippen molar-refractivity contribution in [2.75, 3.05) is 18.2 Å². The van der Waals surface area contributed by atoms with Crippen LogP contribution in [-0.4, -0.2) is 39.5 Å². The summed E-state index contributed by atoms with van der Waals surface area (Å²) in [7, 11) is 1.38. The van der Waals surface area contributed by atoms with Crippen molar-refractivity contribution >= 4 is 51.6 Å². The highest BCUT2D eigenvalue weighted by Gasteiger charge is 2.26. The minimum atomic E-state index is -0.392. The van der Waals surface area contributed by atoms with Crippen LogP contribution in [0.2, 0.25) is 5.02 Å². The number of carbonyl (C=O) groups excluding carboxylic acids is 2. The highest BCUT2D eigenvalue weighted by molar-refractivity contribution is 7.99. The van der Waals surface area contributed by atoms with E-state index in [1.165, 1.54) is 41.5 Å². The molecule has 0 radical (unpaired) electrons. The minimum Gasteiger partial charge on any atom is -0.465 e. The first kappa shape index (κ1) is 24.8. The molecule has 34 heavy (non-hydrogen) atoms. The number of hydrogen-bond acceptors (Lipinski definition) is 7. The van der Waals surface area contributed by atoms with Crippen LogP contribution in [0.25, 0.3) is 11.4 Å². The average Bonchev–Trinajstić information content (AvgIpc) is 3.38. The van der Waals surface area contributed by atoms with E-state index in [2.05, 4.69) is 15.5 Å². The normalized spacial score (nSPS) is 13.6. The largest absolute Gasteiger partial charge is 0.465 e. The SMILES string of the molecule is CCn1c(SCC(=O)Nc2sc3c(c2C(=O)OC)CCCCCC3)nnc1-c1ccccc1Cl. The van der Waals surface area contributed by atoms with Crippen molar-refractivity contribution in [3.63, 3.8) is 0 Å². The Labute approximate surface area is 212 Å². The van der Waals surface area contributed by atoms with E-state index in [0.29, 0.717) is 33.1 Å². The number of thioether (sulfide) groups is 1. The Morgan fingerprint density at radius 3 is 2.68 bits per heavy atom. The Bertz CT molecular complexity index is 1190. The van der Waals surface area contributed by atoms with Crippen molar-refractivity contribution in [3.8, 4) is 11.4 Å². The molecule has 1 amide bonds. The number of amides is 1. The van der Waals surface area contributed by atoms with Crippen molar-refractivity contribution in [3.05, 3.63) is 45.3 Å². The lowest BCUT2D eigenvalue weighted by Crippen LogP contribution is -2.17. The number of carbonyl (C=O) groups is 2. The van der Waals surface area contributed by atoms with Gasteiger partial charge in [-0.15, -0.1) is 21.5 Å². The van der Waals surface area contributed by atoms with Gasteiger partial charge in [0.2, 0.25) is 5.91 Å². The fraction of sp³-hybridized carbons (Fsp3) is 0.417. The fourth-order valence-electron chi connectivity index (χ4n) is 4.14. The number of thiophene rings is 1. The molecule has 2 heterocycles. The minimum absolute atomic E-state index is 0.143. The predicted octanol–water partition coefficient (Wildman–Crippen LogP) is 5.86. The van der Waals surface area contributed by atoms with Crippen LogP contribution >= 0.6 is 34.7 Å². The molecule has 1 aromatic carbocycles. The van der Waals surface area contributed by atoms with E-state index in [9.17, 15) is 9.59 Å². The van der Waals surface area contributed by atoms with Gasteiger partial charge in [-0.05, 0) is 50.3 Å². The second kappa shape index (κ2) is 11.4. The summed E-state index contributed by atoms with van der Waals surface area (Å²) in [5.41, 5.74) is 2.35. The van der Waals surface area contributed by atoms with Gasteiger partial charge in [0.05, 0.1) is 23.4 Å². The smallest absolute Gasteiger partial charge is 0.341 e. The number of methoxy groups -OCH3 is 1. The Hall–Kier alpha value is -2.36. The number of rotatable bonds is 7. The first-order valence-electron chi connectivity index (χ1n) is 11.4. The van der Waals surface area contributed by atoms with Gasteiger partial charge in [0.1, 0.15) is 5.00 Å². The molecule has 1 N–H and O–H groups in total. The third-order valence-corrected chi connectivity index (χ3v) is 8.30. The fourth-order valence-corrected chi connectivity index (χ4v) is 6.46. The van der Waals surface area contributed by atoms with E-state index in [1.807, 2.05) is 35.8 Å². The summed E-state index contributed by atoms with van der Waals surface area (Å²) in [5, 5.41) is 13.4. The Morgan fingerprint density at radius 2 is 1.94 bits per heavy atom. The highest BCUT2D eigenvalue weighted by Crippen LogP contribution is 2.38. The maximum atomic E-state index is 12.9. The van der Waals surface area contributed by atoms with E-state index in [0.717, 1.165) is 43.2 Å². The van der Waals surface area contributed by atoms with Gasteiger partial charge >= 0.3 is 5.97 Å². The predicted molar refractivity (Wildman–Crippen MR) is 137 cm³/mol. The number of anilines is 1. The van der Waals surface area contributed by atoms with E-state index >= 15 is 0 Å². The van der Waals surface area contributed by atoms with Gasteiger partial charge < -0.3 is 14.6 Å². The molecule has 4 rings (SSSR count). The molecule has 1 aliphatic carbocycles. The molecule has 0 aliphatic heterocycles. The molecule has 0 unspecified atom stereocenters. The summed E-state index contributed by atoms with van der Waals surface area (Å²) in [6, 6.07) is 7.49. The van der Waals surface area contributed by atoms with Crippen LogP contribution in [-0.2, 0) is 28.9 Å². The number of fused-ring (bicyclic) bond motifs is 1. The van der Waals surface area contributed by atoms with Crippen molar-refractivity contribution in [2.45, 2.75) is 57.1 Å². The quantitative estimate of drug-likeness (QED) is 0.311. The maximum Gasteiger partial charge on any atom is 0.341 e. The van der Waals surface area contributed by atoms with Gasteiger partial charge in [-0.25, -0.2) is 4.79 Å². The van der Waals surface area contributed by atoms with Crippen molar-refractivity contribution in [2.24, 2.45) is 0 Å². The molecular formula is C24H27ClN4O3S2. The van der Waals surface area contributed by atoms with E-state index in [4.69, 9.17) is 16.3 Å². The number of nitrogens with one attached hydrogen (secondary N) is 1. The molecule has 0 saturated heterocycles. The molecule has 1 aliphatic rings. The number of aryl methyl sites for hydroxylation is 1. The Balaban J connectivity index is 1.50. The van der Waals surface area contributed by atoms with E-state index in [-0.39, 0.29) is 11.7 Å². The number of hydrogen-bond donors (Lipinski definition) is 1. The van der Waals surface area contributed by atoms with Crippen molar-refractivity contribution < 1.29 is 14.3 Å². The second-order valence-electron chi connectivity index (χ2n) is 7.98. The lowest BCUT2D eigenvalue weighted by molar-refractivity contribution is -0.113. The van der Waals surface area contributed by atoms with Crippen molar-refractivity contribution in [1.29, 1.82) is 0 Å². The lowest BCUT2D eigenvalue weighted by Gasteiger charge is -2.11. The summed E-state index contributed by atoms with van der Waals surface area (Å²) < 4.78 is 6.99. The van der Waals surface area contributed by atoms with Gasteiger partial charge in [0.25, 0.3) is 0 Å². The zero-order chi connectivity index (χ0) is 24.1. The van der Waals surface area contributed by atoms with Crippen LogP contribution in [0.15, 0.2) is 29.4 Å². The number of esters is 1. The third kappa shape index (κ3) is 5.31. The summed E-state index contributed by atoms with van der Waals surface area (Å²) in [4.78, 5) is 26.6. The summed E-state index contributed by atoms with van der Waals surface area (Å²) in [6.07, 6.45) is 6.25. The summed E-state index contributed by atoms with van der Waals surface area (Å²) in [5.74, 6) is 0.219. The molecule has 0 atom stereocenters. The number of halogens is 1. The van der Waals surface area contributed by atoms with Crippen LogP contribution in [0.4, 0.5) is 5.00 Å². The molecule has 2 aromatic heterocycles. The lowest BCUT2D eigenvalue weighted by atomic mass is 9.96. The van der Waals surface area contributed by atoms with Crippen molar-refractivity contribution in [1.82, 2.24) is 14.8 Å². The van der Waals surface area contributed by atoms with Gasteiger partial charge in [-0.3, -0.25) is 4.79 Å². The van der Waals surface area contributed by atoms with Crippen LogP contribution in [0.1, 0.15) is 53.4 Å². The maximum absolute atomic E-state index is 12.9. The molecule has 0 fully saturated rings. The molecule has 7 nitrogen and oxygen atoms in total. The van der Waals surface area contributed by atoms with Crippen LogP contribution in [0, 0.1) is 0 Å². The number of nitrogens with zero attached hydrogens (tertiary/aromatic N) is 3. The Kier molecular flexibility index (Phi) is 8.28. The third-order valence-electron chi connectivity index (χ3n) is 5.79.